The lowest BCUT2D eigenvalue weighted by Crippen LogP contribution is -2.38. The summed E-state index contributed by atoms with van der Waals surface area (Å²) < 4.78 is 0. The first-order valence-electron chi connectivity index (χ1n) is 8.28. The van der Waals surface area contributed by atoms with E-state index in [-0.39, 0.29) is 12.1 Å². The van der Waals surface area contributed by atoms with Crippen molar-refractivity contribution in [3.05, 3.63) is 82.9 Å². The maximum Gasteiger partial charge on any atom is 0.317 e. The van der Waals surface area contributed by atoms with Gasteiger partial charge < -0.3 is 10.2 Å². The summed E-state index contributed by atoms with van der Waals surface area (Å²) in [5.74, 6) is 0. The fourth-order valence-corrected chi connectivity index (χ4v) is 3.20. The van der Waals surface area contributed by atoms with E-state index in [1.165, 1.54) is 5.39 Å². The van der Waals surface area contributed by atoms with Gasteiger partial charge in [0, 0.05) is 18.6 Å². The number of rotatable bonds is 4. The SMILES string of the molecule is CC(NC(=O)N(C)Cc1cccc(Cl)c1)c1cccc2ccccc12. The zero-order valence-corrected chi connectivity index (χ0v) is 15.1. The van der Waals surface area contributed by atoms with Crippen LogP contribution < -0.4 is 5.32 Å². The van der Waals surface area contributed by atoms with Crippen molar-refractivity contribution in [2.24, 2.45) is 0 Å². The fourth-order valence-electron chi connectivity index (χ4n) is 2.98. The summed E-state index contributed by atoms with van der Waals surface area (Å²) >= 11 is 6.01. The van der Waals surface area contributed by atoms with E-state index in [1.54, 1.807) is 11.9 Å². The topological polar surface area (TPSA) is 32.3 Å². The third kappa shape index (κ3) is 4.12. The van der Waals surface area contributed by atoms with Crippen molar-refractivity contribution in [2.75, 3.05) is 7.05 Å². The molecule has 1 N–H and O–H groups in total. The molecule has 0 aliphatic carbocycles. The van der Waals surface area contributed by atoms with Gasteiger partial charge in [0.25, 0.3) is 0 Å². The molecule has 4 heteroatoms. The highest BCUT2D eigenvalue weighted by Gasteiger charge is 2.15. The maximum atomic E-state index is 12.5. The van der Waals surface area contributed by atoms with Crippen molar-refractivity contribution in [1.29, 1.82) is 0 Å². The Hall–Kier alpha value is -2.52. The molecule has 128 valence electrons. The molecule has 1 atom stereocenters. The summed E-state index contributed by atoms with van der Waals surface area (Å²) in [5.41, 5.74) is 2.12. The number of hydrogen-bond donors (Lipinski definition) is 1. The van der Waals surface area contributed by atoms with Crippen molar-refractivity contribution in [3.63, 3.8) is 0 Å². The predicted octanol–water partition coefficient (Wildman–Crippen LogP) is 5.40. The number of carbonyl (C=O) groups excluding carboxylic acids is 1. The number of hydrogen-bond acceptors (Lipinski definition) is 1. The third-order valence-corrected chi connectivity index (χ3v) is 4.52. The number of fused-ring (bicyclic) bond motifs is 1. The standard InChI is InChI=1S/C21H21ClN2O/c1-15(19-12-6-9-17-8-3-4-11-20(17)19)23-21(25)24(2)14-16-7-5-10-18(22)13-16/h3-13,15H,14H2,1-2H3,(H,23,25). The van der Waals surface area contributed by atoms with Gasteiger partial charge in [-0.2, -0.15) is 0 Å². The first kappa shape index (κ1) is 17.3. The minimum absolute atomic E-state index is 0.0830. The fraction of sp³-hybridized carbons (Fsp3) is 0.190. The smallest absolute Gasteiger partial charge is 0.317 e. The number of benzene rings is 3. The van der Waals surface area contributed by atoms with Gasteiger partial charge in [0.15, 0.2) is 0 Å². The van der Waals surface area contributed by atoms with E-state index < -0.39 is 0 Å². The third-order valence-electron chi connectivity index (χ3n) is 4.29. The predicted molar refractivity (Wildman–Crippen MR) is 104 cm³/mol. The summed E-state index contributed by atoms with van der Waals surface area (Å²) in [6, 6.07) is 21.7. The molecule has 25 heavy (non-hydrogen) atoms. The van der Waals surface area contributed by atoms with Crippen LogP contribution in [-0.4, -0.2) is 18.0 Å². The highest BCUT2D eigenvalue weighted by Crippen LogP contribution is 2.24. The van der Waals surface area contributed by atoms with Crippen LogP contribution in [0, 0.1) is 0 Å². The van der Waals surface area contributed by atoms with E-state index in [9.17, 15) is 4.79 Å². The molecular formula is C21H21ClN2O. The number of nitrogens with one attached hydrogen (secondary N) is 1. The molecule has 0 spiro atoms. The van der Waals surface area contributed by atoms with Gasteiger partial charge in [0.2, 0.25) is 0 Å². The molecule has 0 fully saturated rings. The molecule has 1 unspecified atom stereocenters. The van der Waals surface area contributed by atoms with E-state index >= 15 is 0 Å². The second kappa shape index (κ2) is 7.58. The Kier molecular flexibility index (Phi) is 5.25. The molecule has 0 heterocycles. The summed E-state index contributed by atoms with van der Waals surface area (Å²) in [4.78, 5) is 14.2. The Balaban J connectivity index is 1.71. The first-order chi connectivity index (χ1) is 12.0. The second-order valence-corrected chi connectivity index (χ2v) is 6.66. The molecule has 0 bridgehead atoms. The molecule has 0 aliphatic rings. The van der Waals surface area contributed by atoms with Crippen molar-refractivity contribution >= 4 is 28.4 Å². The lowest BCUT2D eigenvalue weighted by Gasteiger charge is -2.22. The van der Waals surface area contributed by atoms with Crippen LogP contribution in [0.25, 0.3) is 10.8 Å². The van der Waals surface area contributed by atoms with E-state index in [2.05, 4.69) is 29.6 Å². The van der Waals surface area contributed by atoms with Crippen molar-refractivity contribution < 1.29 is 4.79 Å². The van der Waals surface area contributed by atoms with Crippen LogP contribution in [0.4, 0.5) is 4.79 Å². The number of urea groups is 1. The number of amides is 2. The van der Waals surface area contributed by atoms with Gasteiger partial charge in [-0.15, -0.1) is 0 Å². The van der Waals surface area contributed by atoms with Gasteiger partial charge in [-0.1, -0.05) is 66.2 Å². The first-order valence-corrected chi connectivity index (χ1v) is 8.66. The quantitative estimate of drug-likeness (QED) is 0.670. The molecule has 3 nitrogen and oxygen atoms in total. The number of nitrogens with zero attached hydrogens (tertiary/aromatic N) is 1. The Morgan fingerprint density at radius 2 is 1.80 bits per heavy atom. The van der Waals surface area contributed by atoms with Crippen LogP contribution in [0.15, 0.2) is 66.7 Å². The van der Waals surface area contributed by atoms with Gasteiger partial charge >= 0.3 is 6.03 Å². The zero-order chi connectivity index (χ0) is 17.8. The van der Waals surface area contributed by atoms with E-state index in [4.69, 9.17) is 11.6 Å². The highest BCUT2D eigenvalue weighted by molar-refractivity contribution is 6.30. The summed E-state index contributed by atoms with van der Waals surface area (Å²) in [6.45, 7) is 2.52. The van der Waals surface area contributed by atoms with Gasteiger partial charge in [-0.3, -0.25) is 0 Å². The lowest BCUT2D eigenvalue weighted by atomic mass is 10.00. The van der Waals surface area contributed by atoms with Crippen LogP contribution in [-0.2, 0) is 6.54 Å². The lowest BCUT2D eigenvalue weighted by molar-refractivity contribution is 0.203. The molecule has 3 rings (SSSR count). The largest absolute Gasteiger partial charge is 0.331 e. The Morgan fingerprint density at radius 1 is 1.08 bits per heavy atom. The molecule has 0 saturated heterocycles. The van der Waals surface area contributed by atoms with Crippen LogP contribution in [0.3, 0.4) is 0 Å². The van der Waals surface area contributed by atoms with E-state index in [0.717, 1.165) is 16.5 Å². The van der Waals surface area contributed by atoms with Crippen molar-refractivity contribution in [1.82, 2.24) is 10.2 Å². The van der Waals surface area contributed by atoms with Gasteiger partial charge in [-0.05, 0) is 41.0 Å². The summed E-state index contributed by atoms with van der Waals surface area (Å²) in [6.07, 6.45) is 0. The van der Waals surface area contributed by atoms with Gasteiger partial charge in [-0.25, -0.2) is 4.79 Å². The second-order valence-electron chi connectivity index (χ2n) is 6.23. The average molecular weight is 353 g/mol. The van der Waals surface area contributed by atoms with Crippen LogP contribution in [0.1, 0.15) is 24.1 Å². The number of halogens is 1. The Labute approximate surface area is 153 Å². The Bertz CT molecular complexity index is 888. The molecule has 2 amide bonds. The molecule has 0 radical (unpaired) electrons. The average Bonchev–Trinajstić information content (AvgIpc) is 2.61. The monoisotopic (exact) mass is 352 g/mol. The molecule has 0 aliphatic heterocycles. The zero-order valence-electron chi connectivity index (χ0n) is 14.4. The minimum Gasteiger partial charge on any atom is -0.331 e. The molecule has 0 aromatic heterocycles. The van der Waals surface area contributed by atoms with Crippen molar-refractivity contribution in [2.45, 2.75) is 19.5 Å². The normalized spacial score (nSPS) is 12.0. The van der Waals surface area contributed by atoms with Crippen LogP contribution in [0.2, 0.25) is 5.02 Å². The molecule has 0 saturated carbocycles. The molecular weight excluding hydrogens is 332 g/mol. The number of carbonyl (C=O) groups is 1. The molecule has 3 aromatic rings. The van der Waals surface area contributed by atoms with Crippen LogP contribution in [0.5, 0.6) is 0 Å². The van der Waals surface area contributed by atoms with Gasteiger partial charge in [0.05, 0.1) is 6.04 Å². The Morgan fingerprint density at radius 3 is 2.60 bits per heavy atom. The van der Waals surface area contributed by atoms with E-state index in [1.807, 2.05) is 49.4 Å². The highest BCUT2D eigenvalue weighted by atomic mass is 35.5. The summed E-state index contributed by atoms with van der Waals surface area (Å²) in [7, 11) is 1.78. The van der Waals surface area contributed by atoms with Crippen molar-refractivity contribution in [3.8, 4) is 0 Å². The maximum absolute atomic E-state index is 12.5. The minimum atomic E-state index is -0.111. The summed E-state index contributed by atoms with van der Waals surface area (Å²) in [5, 5.41) is 6.09. The van der Waals surface area contributed by atoms with E-state index in [0.29, 0.717) is 11.6 Å². The molecule has 3 aromatic carbocycles. The van der Waals surface area contributed by atoms with Crippen LogP contribution >= 0.6 is 11.6 Å². The van der Waals surface area contributed by atoms with Gasteiger partial charge in [0.1, 0.15) is 0 Å².